The number of rotatable bonds is 4. The maximum absolute atomic E-state index is 13.7. The van der Waals surface area contributed by atoms with Gasteiger partial charge in [-0.25, -0.2) is 8.78 Å². The summed E-state index contributed by atoms with van der Waals surface area (Å²) in [6, 6.07) is 17.0. The number of Topliss-reactive ketones (excluding diaryl/α,β-unsaturated/α-hetero) is 1. The topological polar surface area (TPSA) is 35.5 Å². The Morgan fingerprint density at radius 2 is 1.74 bits per heavy atom. The van der Waals surface area contributed by atoms with Crippen LogP contribution in [0.1, 0.15) is 21.5 Å². The molecule has 0 fully saturated rings. The summed E-state index contributed by atoms with van der Waals surface area (Å²) >= 11 is 0. The molecule has 134 valence electrons. The molecule has 27 heavy (non-hydrogen) atoms. The van der Waals surface area contributed by atoms with Crippen molar-refractivity contribution in [3.05, 3.63) is 101 Å². The first-order valence-corrected chi connectivity index (χ1v) is 8.30. The van der Waals surface area contributed by atoms with Gasteiger partial charge < -0.3 is 9.47 Å². The number of hydrogen-bond donors (Lipinski definition) is 0. The third-order valence-corrected chi connectivity index (χ3v) is 4.16. The average molecular weight is 364 g/mol. The highest BCUT2D eigenvalue weighted by Gasteiger charge is 2.27. The lowest BCUT2D eigenvalue weighted by Gasteiger charge is -2.08. The van der Waals surface area contributed by atoms with Gasteiger partial charge in [0.25, 0.3) is 0 Å². The van der Waals surface area contributed by atoms with Crippen molar-refractivity contribution in [2.75, 3.05) is 0 Å². The van der Waals surface area contributed by atoms with Crippen LogP contribution in [0, 0.1) is 11.6 Å². The van der Waals surface area contributed by atoms with Crippen molar-refractivity contribution in [3.8, 4) is 11.5 Å². The van der Waals surface area contributed by atoms with Crippen LogP contribution in [0.2, 0.25) is 0 Å². The smallest absolute Gasteiger partial charge is 0.231 e. The molecule has 0 aliphatic carbocycles. The molecule has 0 aromatic heterocycles. The summed E-state index contributed by atoms with van der Waals surface area (Å²) in [6.45, 7) is 0.0671. The second-order valence-corrected chi connectivity index (χ2v) is 6.03. The van der Waals surface area contributed by atoms with Gasteiger partial charge in [-0.3, -0.25) is 4.79 Å². The predicted octanol–water partition coefficient (Wildman–Crippen LogP) is 5.16. The second-order valence-electron chi connectivity index (χ2n) is 6.03. The first-order chi connectivity index (χ1) is 13.1. The lowest BCUT2D eigenvalue weighted by atomic mass is 10.1. The fourth-order valence-electron chi connectivity index (χ4n) is 2.74. The van der Waals surface area contributed by atoms with Gasteiger partial charge in [-0.1, -0.05) is 30.3 Å². The van der Waals surface area contributed by atoms with E-state index < -0.39 is 0 Å². The SMILES string of the molecule is O=C1/C(=C/c2ccc(F)cc2)Oc2cc(OCc3ccccc3F)ccc21. The number of allylic oxidation sites excluding steroid dienone is 1. The molecule has 1 heterocycles. The molecule has 0 spiro atoms. The third kappa shape index (κ3) is 3.58. The summed E-state index contributed by atoms with van der Waals surface area (Å²) in [5, 5.41) is 0. The molecule has 5 heteroatoms. The van der Waals surface area contributed by atoms with Crippen LogP contribution < -0.4 is 9.47 Å². The Morgan fingerprint density at radius 3 is 2.52 bits per heavy atom. The molecule has 0 N–H and O–H groups in total. The summed E-state index contributed by atoms with van der Waals surface area (Å²) in [7, 11) is 0. The molecule has 0 saturated heterocycles. The zero-order chi connectivity index (χ0) is 18.8. The standard InChI is InChI=1S/C22H14F2O3/c23-16-7-5-14(6-8-16)11-21-22(25)18-10-9-17(12-20(18)27-21)26-13-15-3-1-2-4-19(15)24/h1-12H,13H2/b21-11-. The van der Waals surface area contributed by atoms with Crippen molar-refractivity contribution in [2.24, 2.45) is 0 Å². The maximum atomic E-state index is 13.7. The van der Waals surface area contributed by atoms with Crippen molar-refractivity contribution in [3.63, 3.8) is 0 Å². The van der Waals surface area contributed by atoms with Crippen LogP contribution in [0.5, 0.6) is 11.5 Å². The van der Waals surface area contributed by atoms with E-state index in [1.54, 1.807) is 54.6 Å². The zero-order valence-electron chi connectivity index (χ0n) is 14.1. The van der Waals surface area contributed by atoms with Crippen LogP contribution in [0.25, 0.3) is 6.08 Å². The lowest BCUT2D eigenvalue weighted by molar-refractivity contribution is 0.101. The summed E-state index contributed by atoms with van der Waals surface area (Å²) in [6.07, 6.45) is 1.56. The van der Waals surface area contributed by atoms with Crippen LogP contribution in [-0.2, 0) is 6.61 Å². The van der Waals surface area contributed by atoms with E-state index in [-0.39, 0.29) is 29.8 Å². The quantitative estimate of drug-likeness (QED) is 0.600. The first kappa shape index (κ1) is 17.0. The van der Waals surface area contributed by atoms with E-state index in [1.165, 1.54) is 18.2 Å². The second kappa shape index (κ2) is 7.03. The number of carbonyl (C=O) groups is 1. The van der Waals surface area contributed by atoms with E-state index in [0.717, 1.165) is 0 Å². The summed E-state index contributed by atoms with van der Waals surface area (Å²) in [5.41, 5.74) is 1.51. The molecule has 3 nitrogen and oxygen atoms in total. The van der Waals surface area contributed by atoms with Crippen LogP contribution >= 0.6 is 0 Å². The van der Waals surface area contributed by atoms with Gasteiger partial charge in [-0.15, -0.1) is 0 Å². The molecular formula is C22H14F2O3. The van der Waals surface area contributed by atoms with E-state index >= 15 is 0 Å². The van der Waals surface area contributed by atoms with Gasteiger partial charge in [-0.05, 0) is 42.0 Å². The molecular weight excluding hydrogens is 350 g/mol. The monoisotopic (exact) mass is 364 g/mol. The molecule has 3 aromatic rings. The molecule has 3 aromatic carbocycles. The number of hydrogen-bond acceptors (Lipinski definition) is 3. The molecule has 0 amide bonds. The normalized spacial score (nSPS) is 14.1. The Bertz CT molecular complexity index is 1040. The number of ketones is 1. The minimum Gasteiger partial charge on any atom is -0.489 e. The zero-order valence-corrected chi connectivity index (χ0v) is 14.1. The van der Waals surface area contributed by atoms with E-state index in [4.69, 9.17) is 9.47 Å². The molecule has 0 saturated carbocycles. The van der Waals surface area contributed by atoms with E-state index in [9.17, 15) is 13.6 Å². The Morgan fingerprint density at radius 1 is 0.963 bits per heavy atom. The third-order valence-electron chi connectivity index (χ3n) is 4.16. The highest BCUT2D eigenvalue weighted by molar-refractivity contribution is 6.14. The Kier molecular flexibility index (Phi) is 4.42. The maximum Gasteiger partial charge on any atom is 0.231 e. The number of carbonyl (C=O) groups excluding carboxylic acids is 1. The van der Waals surface area contributed by atoms with Crippen LogP contribution in [0.15, 0.2) is 72.5 Å². The van der Waals surface area contributed by atoms with Crippen molar-refractivity contribution in [2.45, 2.75) is 6.61 Å². The van der Waals surface area contributed by atoms with Gasteiger partial charge in [-0.2, -0.15) is 0 Å². The van der Waals surface area contributed by atoms with Gasteiger partial charge in [0.1, 0.15) is 29.7 Å². The number of benzene rings is 3. The van der Waals surface area contributed by atoms with Crippen molar-refractivity contribution in [1.82, 2.24) is 0 Å². The molecule has 1 aliphatic heterocycles. The van der Waals surface area contributed by atoms with Gasteiger partial charge >= 0.3 is 0 Å². The van der Waals surface area contributed by atoms with E-state index in [1.807, 2.05) is 0 Å². The summed E-state index contributed by atoms with van der Waals surface area (Å²) in [5.74, 6) is 0.0513. The molecule has 0 bridgehead atoms. The van der Waals surface area contributed by atoms with Crippen molar-refractivity contribution in [1.29, 1.82) is 0 Å². The van der Waals surface area contributed by atoms with Crippen molar-refractivity contribution < 1.29 is 23.0 Å². The minimum absolute atomic E-state index is 0.0671. The van der Waals surface area contributed by atoms with Crippen molar-refractivity contribution >= 4 is 11.9 Å². The number of halogens is 2. The van der Waals surface area contributed by atoms with E-state index in [0.29, 0.717) is 28.2 Å². The number of fused-ring (bicyclic) bond motifs is 1. The van der Waals surface area contributed by atoms with E-state index in [2.05, 4.69) is 0 Å². The Balaban J connectivity index is 1.52. The fraction of sp³-hybridized carbons (Fsp3) is 0.0455. The molecule has 4 rings (SSSR count). The molecule has 1 aliphatic rings. The Hall–Kier alpha value is -3.47. The largest absolute Gasteiger partial charge is 0.489 e. The van der Waals surface area contributed by atoms with Gasteiger partial charge in [0, 0.05) is 11.6 Å². The minimum atomic E-state index is -0.351. The summed E-state index contributed by atoms with van der Waals surface area (Å²) in [4.78, 5) is 12.4. The number of ether oxygens (including phenoxy) is 2. The first-order valence-electron chi connectivity index (χ1n) is 8.30. The molecule has 0 radical (unpaired) electrons. The van der Waals surface area contributed by atoms with Crippen LogP contribution in [0.4, 0.5) is 8.78 Å². The highest BCUT2D eigenvalue weighted by Crippen LogP contribution is 2.35. The van der Waals surface area contributed by atoms with Crippen LogP contribution in [-0.4, -0.2) is 5.78 Å². The van der Waals surface area contributed by atoms with Gasteiger partial charge in [0.2, 0.25) is 5.78 Å². The predicted molar refractivity (Wildman–Crippen MR) is 96.5 cm³/mol. The molecule has 0 atom stereocenters. The fourth-order valence-corrected chi connectivity index (χ4v) is 2.74. The highest BCUT2D eigenvalue weighted by atomic mass is 19.1. The van der Waals surface area contributed by atoms with Gasteiger partial charge in [0.15, 0.2) is 5.76 Å². The average Bonchev–Trinajstić information content (AvgIpc) is 2.98. The van der Waals surface area contributed by atoms with Crippen LogP contribution in [0.3, 0.4) is 0 Å². The molecule has 0 unspecified atom stereocenters. The Labute approximate surface area is 154 Å². The van der Waals surface area contributed by atoms with Gasteiger partial charge in [0.05, 0.1) is 5.56 Å². The lowest BCUT2D eigenvalue weighted by Crippen LogP contribution is -1.98. The summed E-state index contributed by atoms with van der Waals surface area (Å²) < 4.78 is 37.9.